The number of rotatable bonds is 10. The van der Waals surface area contributed by atoms with Gasteiger partial charge in [-0.2, -0.15) is 5.10 Å². The van der Waals surface area contributed by atoms with Gasteiger partial charge in [0.1, 0.15) is 0 Å². The van der Waals surface area contributed by atoms with E-state index in [1.807, 2.05) is 29.1 Å². The topological polar surface area (TPSA) is 102 Å². The van der Waals surface area contributed by atoms with E-state index < -0.39 is 0 Å². The summed E-state index contributed by atoms with van der Waals surface area (Å²) in [6.07, 6.45) is 6.13. The molecule has 2 N–H and O–H groups in total. The lowest BCUT2D eigenvalue weighted by atomic mass is 10.2. The van der Waals surface area contributed by atoms with Gasteiger partial charge < -0.3 is 10.6 Å². The molecular weight excluding hydrogens is 420 g/mol. The van der Waals surface area contributed by atoms with Gasteiger partial charge in [-0.15, -0.1) is 10.2 Å². The van der Waals surface area contributed by atoms with Crippen molar-refractivity contribution in [1.29, 1.82) is 0 Å². The Morgan fingerprint density at radius 2 is 1.87 bits per heavy atom. The van der Waals surface area contributed by atoms with Crippen molar-refractivity contribution < 1.29 is 9.59 Å². The minimum atomic E-state index is -0.259. The zero-order valence-corrected chi connectivity index (χ0v) is 17.9. The van der Waals surface area contributed by atoms with Crippen LogP contribution in [0.4, 0.5) is 10.8 Å². The number of amides is 2. The van der Waals surface area contributed by atoms with Gasteiger partial charge in [0.2, 0.25) is 16.9 Å². The van der Waals surface area contributed by atoms with Gasteiger partial charge in [-0.1, -0.05) is 53.4 Å². The molecule has 1 saturated carbocycles. The molecule has 0 bridgehead atoms. The maximum Gasteiger partial charge on any atom is 0.226 e. The number of nitrogens with zero attached hydrogens (tertiary/aromatic N) is 4. The highest BCUT2D eigenvalue weighted by atomic mass is 32.2. The molecule has 0 aliphatic heterocycles. The van der Waals surface area contributed by atoms with Crippen LogP contribution in [-0.4, -0.2) is 31.8 Å². The molecule has 2 heterocycles. The third-order valence-corrected chi connectivity index (χ3v) is 6.54. The number of aromatic nitrogens is 4. The molecule has 2 amide bonds. The Kier molecular flexibility index (Phi) is 6.75. The first-order valence-electron chi connectivity index (χ1n) is 9.76. The van der Waals surface area contributed by atoms with E-state index in [0.717, 1.165) is 22.6 Å². The fourth-order valence-corrected chi connectivity index (χ4v) is 4.49. The largest absolute Gasteiger partial charge is 0.323 e. The fourth-order valence-electron chi connectivity index (χ4n) is 2.76. The summed E-state index contributed by atoms with van der Waals surface area (Å²) >= 11 is 2.90. The lowest BCUT2D eigenvalue weighted by Crippen LogP contribution is -2.17. The van der Waals surface area contributed by atoms with Crippen molar-refractivity contribution in [3.63, 3.8) is 0 Å². The van der Waals surface area contributed by atoms with E-state index in [1.54, 1.807) is 18.0 Å². The molecule has 1 fully saturated rings. The summed E-state index contributed by atoms with van der Waals surface area (Å²) in [5.41, 5.74) is 1.86. The molecular formula is C20H22N6O2S2. The predicted molar refractivity (Wildman–Crippen MR) is 117 cm³/mol. The quantitative estimate of drug-likeness (QED) is 0.366. The molecule has 0 unspecified atom stereocenters. The first-order chi connectivity index (χ1) is 14.6. The second-order valence-electron chi connectivity index (χ2n) is 7.14. The van der Waals surface area contributed by atoms with Crippen molar-refractivity contribution in [1.82, 2.24) is 20.0 Å². The third kappa shape index (κ3) is 6.39. The Bertz CT molecular complexity index is 1000. The van der Waals surface area contributed by atoms with Gasteiger partial charge in [0.15, 0.2) is 4.34 Å². The van der Waals surface area contributed by atoms with E-state index in [4.69, 9.17) is 0 Å². The number of carbonyl (C=O) groups is 2. The SMILES string of the molecule is O=C(CCC(=O)Nc1nnc(SCc2ccccc2)s1)Nc1cnn(CC2CC2)c1. The minimum absolute atomic E-state index is 0.0775. The van der Waals surface area contributed by atoms with Crippen molar-refractivity contribution in [2.75, 3.05) is 10.6 Å². The van der Waals surface area contributed by atoms with Crippen molar-refractivity contribution in [3.8, 4) is 0 Å². The van der Waals surface area contributed by atoms with Crippen LogP contribution in [0.1, 0.15) is 31.2 Å². The first-order valence-corrected chi connectivity index (χ1v) is 11.6. The number of anilines is 2. The lowest BCUT2D eigenvalue weighted by molar-refractivity contribution is -0.121. The van der Waals surface area contributed by atoms with Crippen LogP contribution in [0.25, 0.3) is 0 Å². The summed E-state index contributed by atoms with van der Waals surface area (Å²) in [5.74, 6) is 1.04. The highest BCUT2D eigenvalue weighted by molar-refractivity contribution is 8.00. The van der Waals surface area contributed by atoms with E-state index in [1.165, 1.54) is 29.7 Å². The molecule has 2 aromatic heterocycles. The van der Waals surface area contributed by atoms with Gasteiger partial charge in [-0.05, 0) is 24.3 Å². The fraction of sp³-hybridized carbons (Fsp3) is 0.350. The number of hydrogen-bond donors (Lipinski definition) is 2. The van der Waals surface area contributed by atoms with E-state index >= 15 is 0 Å². The molecule has 0 spiro atoms. The van der Waals surface area contributed by atoms with Gasteiger partial charge in [-0.3, -0.25) is 14.3 Å². The molecule has 3 aromatic rings. The summed E-state index contributed by atoms with van der Waals surface area (Å²) in [7, 11) is 0. The number of nitrogens with one attached hydrogen (secondary N) is 2. The van der Waals surface area contributed by atoms with Crippen LogP contribution in [0.2, 0.25) is 0 Å². The zero-order chi connectivity index (χ0) is 20.8. The molecule has 0 saturated heterocycles. The first kappa shape index (κ1) is 20.5. The number of benzene rings is 1. The number of thioether (sulfide) groups is 1. The van der Waals surface area contributed by atoms with Crippen molar-refractivity contribution in [3.05, 3.63) is 48.3 Å². The van der Waals surface area contributed by atoms with Crippen molar-refractivity contribution in [2.24, 2.45) is 5.92 Å². The molecule has 8 nitrogen and oxygen atoms in total. The molecule has 10 heteroatoms. The van der Waals surface area contributed by atoms with Crippen LogP contribution in [0.5, 0.6) is 0 Å². The Labute approximate surface area is 182 Å². The monoisotopic (exact) mass is 442 g/mol. The summed E-state index contributed by atoms with van der Waals surface area (Å²) in [5, 5.41) is 18.3. The summed E-state index contributed by atoms with van der Waals surface area (Å²) < 4.78 is 2.64. The average Bonchev–Trinajstić information content (AvgIpc) is 3.27. The molecule has 1 aromatic carbocycles. The van der Waals surface area contributed by atoms with Crippen LogP contribution in [0.15, 0.2) is 47.1 Å². The normalized spacial score (nSPS) is 13.2. The van der Waals surface area contributed by atoms with Crippen LogP contribution < -0.4 is 10.6 Å². The Morgan fingerprint density at radius 1 is 1.10 bits per heavy atom. The van der Waals surface area contributed by atoms with Crippen LogP contribution in [0.3, 0.4) is 0 Å². The van der Waals surface area contributed by atoms with E-state index in [9.17, 15) is 9.59 Å². The summed E-state index contributed by atoms with van der Waals surface area (Å²) in [6.45, 7) is 0.895. The van der Waals surface area contributed by atoms with Gasteiger partial charge in [0.05, 0.1) is 11.9 Å². The molecule has 30 heavy (non-hydrogen) atoms. The average molecular weight is 443 g/mol. The molecule has 4 rings (SSSR count). The molecule has 0 atom stereocenters. The molecule has 156 valence electrons. The molecule has 0 radical (unpaired) electrons. The maximum atomic E-state index is 12.1. The predicted octanol–water partition coefficient (Wildman–Crippen LogP) is 3.79. The molecule has 1 aliphatic carbocycles. The maximum absolute atomic E-state index is 12.1. The van der Waals surface area contributed by atoms with Crippen molar-refractivity contribution >= 4 is 45.7 Å². The van der Waals surface area contributed by atoms with E-state index in [0.29, 0.717) is 10.8 Å². The van der Waals surface area contributed by atoms with Gasteiger partial charge in [0, 0.05) is 31.3 Å². The van der Waals surface area contributed by atoms with Crippen LogP contribution in [-0.2, 0) is 21.9 Å². The number of carbonyl (C=O) groups excluding carboxylic acids is 2. The summed E-state index contributed by atoms with van der Waals surface area (Å²) in [4.78, 5) is 24.2. The molecule has 1 aliphatic rings. The van der Waals surface area contributed by atoms with E-state index in [2.05, 4.69) is 38.1 Å². The highest BCUT2D eigenvalue weighted by Gasteiger charge is 2.22. The summed E-state index contributed by atoms with van der Waals surface area (Å²) in [6, 6.07) is 10.1. The minimum Gasteiger partial charge on any atom is -0.323 e. The van der Waals surface area contributed by atoms with Gasteiger partial charge in [-0.25, -0.2) is 0 Å². The van der Waals surface area contributed by atoms with Crippen LogP contribution in [0, 0.1) is 5.92 Å². The van der Waals surface area contributed by atoms with Gasteiger partial charge >= 0.3 is 0 Å². The Morgan fingerprint density at radius 3 is 2.63 bits per heavy atom. The number of hydrogen-bond acceptors (Lipinski definition) is 7. The lowest BCUT2D eigenvalue weighted by Gasteiger charge is -2.03. The van der Waals surface area contributed by atoms with E-state index in [-0.39, 0.29) is 24.7 Å². The van der Waals surface area contributed by atoms with Gasteiger partial charge in [0.25, 0.3) is 0 Å². The second kappa shape index (κ2) is 9.86. The smallest absolute Gasteiger partial charge is 0.226 e. The van der Waals surface area contributed by atoms with Crippen LogP contribution >= 0.6 is 23.1 Å². The second-order valence-corrected chi connectivity index (χ2v) is 9.34. The van der Waals surface area contributed by atoms with Crippen molar-refractivity contribution in [2.45, 2.75) is 42.3 Å². The third-order valence-electron chi connectivity index (χ3n) is 4.50. The highest BCUT2D eigenvalue weighted by Crippen LogP contribution is 2.30. The standard InChI is InChI=1S/C20H22N6O2S2/c27-17(22-16-10-21-26(12-16)11-14-6-7-14)8-9-18(28)23-19-24-25-20(30-19)29-13-15-4-2-1-3-5-15/h1-5,10,12,14H,6-9,11,13H2,(H,22,27)(H,23,24,28). The Balaban J connectivity index is 1.16. The Hall–Kier alpha value is -2.72. The zero-order valence-electron chi connectivity index (χ0n) is 16.3.